The maximum absolute atomic E-state index is 14.6. The summed E-state index contributed by atoms with van der Waals surface area (Å²) in [6.45, 7) is 20.5. The molecular formula is C32H41F2N7. The molecule has 0 fully saturated rings. The van der Waals surface area contributed by atoms with Crippen molar-refractivity contribution < 1.29 is 8.78 Å². The Bertz CT molecular complexity index is 1420. The molecule has 1 aliphatic heterocycles. The van der Waals surface area contributed by atoms with Crippen LogP contribution < -0.4 is 5.43 Å². The van der Waals surface area contributed by atoms with Gasteiger partial charge < -0.3 is 0 Å². The number of hydrazine groups is 1. The van der Waals surface area contributed by atoms with Gasteiger partial charge in [-0.05, 0) is 67.5 Å². The number of likely N-dealkylation sites (N-methyl/N-ethyl adjacent to an activating group) is 1. The normalized spacial score (nSPS) is 19.6. The van der Waals surface area contributed by atoms with Gasteiger partial charge in [-0.25, -0.2) is 23.7 Å². The summed E-state index contributed by atoms with van der Waals surface area (Å²) in [5.74, 6) is 0.0287. The molecular weight excluding hydrogens is 520 g/mol. The lowest BCUT2D eigenvalue weighted by Crippen LogP contribution is -2.47. The fourth-order valence-corrected chi connectivity index (χ4v) is 5.36. The average molecular weight is 562 g/mol. The first-order valence-corrected chi connectivity index (χ1v) is 14.1. The summed E-state index contributed by atoms with van der Waals surface area (Å²) >= 11 is 0. The first-order valence-electron chi connectivity index (χ1n) is 14.1. The minimum Gasteiger partial charge on any atom is -0.298 e. The van der Waals surface area contributed by atoms with Crippen LogP contribution in [0.2, 0.25) is 0 Å². The molecule has 0 amide bonds. The Hall–Kier alpha value is -4.14. The number of hydrogen-bond donors (Lipinski definition) is 1. The third-order valence-electron chi connectivity index (χ3n) is 7.33. The summed E-state index contributed by atoms with van der Waals surface area (Å²) in [4.78, 5) is 13.7. The van der Waals surface area contributed by atoms with Gasteiger partial charge in [0.15, 0.2) is 5.82 Å². The fourth-order valence-electron chi connectivity index (χ4n) is 5.36. The van der Waals surface area contributed by atoms with Crippen molar-refractivity contribution >= 4 is 11.3 Å². The summed E-state index contributed by atoms with van der Waals surface area (Å²) in [5.41, 5.74) is 6.86. The van der Waals surface area contributed by atoms with E-state index in [0.717, 1.165) is 48.2 Å². The Balaban J connectivity index is 0.00000111. The quantitative estimate of drug-likeness (QED) is 0.316. The Kier molecular flexibility index (Phi) is 10.3. The molecule has 0 saturated carbocycles. The number of aromatic nitrogens is 5. The van der Waals surface area contributed by atoms with Crippen LogP contribution >= 0.6 is 0 Å². The van der Waals surface area contributed by atoms with Crippen molar-refractivity contribution in [2.24, 2.45) is 5.92 Å². The maximum atomic E-state index is 14.6. The van der Waals surface area contributed by atoms with Crippen molar-refractivity contribution in [3.63, 3.8) is 0 Å². The van der Waals surface area contributed by atoms with E-state index in [9.17, 15) is 8.78 Å². The Morgan fingerprint density at radius 1 is 1.15 bits per heavy atom. The van der Waals surface area contributed by atoms with Gasteiger partial charge in [0.2, 0.25) is 0 Å². The molecule has 0 saturated heterocycles. The summed E-state index contributed by atoms with van der Waals surface area (Å²) in [6.07, 6.45) is 8.76. The zero-order valence-electron chi connectivity index (χ0n) is 25.0. The van der Waals surface area contributed by atoms with Gasteiger partial charge in [0.05, 0.1) is 22.4 Å². The van der Waals surface area contributed by atoms with Crippen molar-refractivity contribution in [2.75, 3.05) is 7.05 Å². The monoisotopic (exact) mass is 561 g/mol. The van der Waals surface area contributed by atoms with E-state index >= 15 is 0 Å². The van der Waals surface area contributed by atoms with Crippen molar-refractivity contribution in [3.05, 3.63) is 103 Å². The van der Waals surface area contributed by atoms with E-state index < -0.39 is 17.0 Å². The summed E-state index contributed by atoms with van der Waals surface area (Å²) in [6, 6.07) is 5.84. The molecule has 0 radical (unpaired) electrons. The molecule has 2 atom stereocenters. The number of nitrogens with zero attached hydrogens (tertiary/aromatic N) is 6. The van der Waals surface area contributed by atoms with Gasteiger partial charge >= 0.3 is 0 Å². The Labute approximate surface area is 242 Å². The number of hydrogen-bond acceptors (Lipinski definition) is 6. The number of rotatable bonds is 6. The molecule has 0 spiro atoms. The minimum atomic E-state index is -0.600. The SMILES string of the molecule is C=C.C=C(CCC)c1ncn(-c2nccc([C@@]3(C)CC[C@H](C)C4=C3N(C)NC(c3c(F)cccc3F)=C4)n2)n1.CC. The lowest BCUT2D eigenvalue weighted by atomic mass is 9.68. The van der Waals surface area contributed by atoms with Crippen LogP contribution in [0.5, 0.6) is 0 Å². The van der Waals surface area contributed by atoms with Gasteiger partial charge in [-0.3, -0.25) is 10.4 Å². The molecule has 1 aromatic carbocycles. The number of halogens is 2. The fraction of sp³-hybridized carbons (Fsp3) is 0.375. The molecule has 3 heterocycles. The third kappa shape index (κ3) is 6.14. The smallest absolute Gasteiger partial charge is 0.252 e. The topological polar surface area (TPSA) is 71.8 Å². The molecule has 1 N–H and O–H groups in total. The van der Waals surface area contributed by atoms with Gasteiger partial charge in [-0.1, -0.05) is 46.8 Å². The third-order valence-corrected chi connectivity index (χ3v) is 7.33. The summed E-state index contributed by atoms with van der Waals surface area (Å²) < 4.78 is 30.8. The van der Waals surface area contributed by atoms with E-state index in [1.54, 1.807) is 17.2 Å². The molecule has 9 heteroatoms. The van der Waals surface area contributed by atoms with E-state index in [-0.39, 0.29) is 11.5 Å². The van der Waals surface area contributed by atoms with Crippen molar-refractivity contribution in [2.45, 2.75) is 65.7 Å². The largest absolute Gasteiger partial charge is 0.298 e. The van der Waals surface area contributed by atoms with E-state index in [1.165, 1.54) is 18.2 Å². The molecule has 218 valence electrons. The molecule has 41 heavy (non-hydrogen) atoms. The van der Waals surface area contributed by atoms with Crippen LogP contribution in [0.3, 0.4) is 0 Å². The molecule has 7 nitrogen and oxygen atoms in total. The van der Waals surface area contributed by atoms with Crippen LogP contribution in [0, 0.1) is 17.6 Å². The van der Waals surface area contributed by atoms with E-state index in [1.807, 2.05) is 38.0 Å². The maximum Gasteiger partial charge on any atom is 0.252 e. The molecule has 2 aliphatic rings. The van der Waals surface area contributed by atoms with Crippen molar-refractivity contribution in [1.82, 2.24) is 35.2 Å². The molecule has 5 rings (SSSR count). The van der Waals surface area contributed by atoms with Crippen LogP contribution in [-0.2, 0) is 5.41 Å². The molecule has 0 unspecified atom stereocenters. The number of benzene rings is 1. The Morgan fingerprint density at radius 3 is 2.49 bits per heavy atom. The van der Waals surface area contributed by atoms with E-state index in [0.29, 0.717) is 17.5 Å². The number of allylic oxidation sites excluding steroid dienone is 4. The predicted molar refractivity (Wildman–Crippen MR) is 162 cm³/mol. The highest BCUT2D eigenvalue weighted by Gasteiger charge is 2.43. The van der Waals surface area contributed by atoms with Gasteiger partial charge in [-0.2, -0.15) is 4.68 Å². The Morgan fingerprint density at radius 2 is 1.83 bits per heavy atom. The summed E-state index contributed by atoms with van der Waals surface area (Å²) in [7, 11) is 1.88. The molecule has 0 bridgehead atoms. The number of nitrogens with one attached hydrogen (secondary N) is 1. The zero-order chi connectivity index (χ0) is 30.3. The molecule has 2 aromatic heterocycles. The van der Waals surface area contributed by atoms with E-state index in [2.05, 4.69) is 61.0 Å². The van der Waals surface area contributed by atoms with E-state index in [4.69, 9.17) is 4.98 Å². The second-order valence-electron chi connectivity index (χ2n) is 10.0. The van der Waals surface area contributed by atoms with Crippen molar-refractivity contribution in [3.8, 4) is 5.95 Å². The lowest BCUT2D eigenvalue weighted by molar-refractivity contribution is 0.244. The first-order chi connectivity index (χ1) is 19.7. The zero-order valence-corrected chi connectivity index (χ0v) is 25.0. The van der Waals surface area contributed by atoms with Crippen LogP contribution in [0.4, 0.5) is 8.78 Å². The second-order valence-corrected chi connectivity index (χ2v) is 10.0. The van der Waals surface area contributed by atoms with Gasteiger partial charge in [-0.15, -0.1) is 18.3 Å². The molecule has 1 aliphatic carbocycles. The van der Waals surface area contributed by atoms with Crippen LogP contribution in [0.25, 0.3) is 17.2 Å². The lowest BCUT2D eigenvalue weighted by Gasteiger charge is -2.46. The van der Waals surface area contributed by atoms with Gasteiger partial charge in [0, 0.05) is 18.9 Å². The van der Waals surface area contributed by atoms with Gasteiger partial charge in [0.1, 0.15) is 18.0 Å². The van der Waals surface area contributed by atoms with Crippen LogP contribution in [0.1, 0.15) is 77.4 Å². The molecule has 3 aromatic rings. The standard InChI is InChI=1S/C28H31F2N7.C2H6.C2H4/c1-6-8-18(3)26-32-16-37(35-26)27-31-14-12-23(33-27)28(4)13-11-17(2)19-15-22(34-36(5)25(19)28)24-20(29)9-7-10-21(24)30;2*1-2/h7,9-10,12,14-17,34H,3,6,8,11,13H2,1-2,4-5H3;1-2H3;1-2H2/t17-,28+;;/m0../s1. The predicted octanol–water partition coefficient (Wildman–Crippen LogP) is 7.41. The highest BCUT2D eigenvalue weighted by Crippen LogP contribution is 2.48. The van der Waals surface area contributed by atoms with Crippen molar-refractivity contribution in [1.29, 1.82) is 0 Å². The minimum absolute atomic E-state index is 0.0589. The average Bonchev–Trinajstić information content (AvgIpc) is 3.48. The highest BCUT2D eigenvalue weighted by atomic mass is 19.1. The second kappa shape index (κ2) is 13.5. The first kappa shape index (κ1) is 31.4. The highest BCUT2D eigenvalue weighted by molar-refractivity contribution is 5.70. The van der Waals surface area contributed by atoms with Gasteiger partial charge in [0.25, 0.3) is 5.95 Å². The van der Waals surface area contributed by atoms with Crippen LogP contribution in [-0.4, -0.2) is 36.8 Å². The van der Waals surface area contributed by atoms with Crippen LogP contribution in [0.15, 0.2) is 73.9 Å². The summed E-state index contributed by atoms with van der Waals surface area (Å²) in [5, 5.41) is 6.41.